The van der Waals surface area contributed by atoms with Gasteiger partial charge < -0.3 is 20.1 Å². The van der Waals surface area contributed by atoms with Crippen LogP contribution >= 0.6 is 0 Å². The van der Waals surface area contributed by atoms with Crippen LogP contribution in [0.5, 0.6) is 11.8 Å². The predicted octanol–water partition coefficient (Wildman–Crippen LogP) is 5.61. The maximum atomic E-state index is 16.9. The Morgan fingerprint density at radius 3 is 3.00 bits per heavy atom. The van der Waals surface area contributed by atoms with Gasteiger partial charge in [-0.15, -0.1) is 6.42 Å². The largest absolute Gasteiger partial charge is 0.508 e. The fourth-order valence-corrected chi connectivity index (χ4v) is 7.95. The Labute approximate surface area is 268 Å². The summed E-state index contributed by atoms with van der Waals surface area (Å²) in [5.41, 5.74) is -1.36. The summed E-state index contributed by atoms with van der Waals surface area (Å²) in [6, 6.07) is 5.05. The summed E-state index contributed by atoms with van der Waals surface area (Å²) in [6.45, 7) is -0.373. The predicted molar refractivity (Wildman–Crippen MR) is 169 cm³/mol. The van der Waals surface area contributed by atoms with Gasteiger partial charge in [0.1, 0.15) is 35.2 Å². The molecule has 0 unspecified atom stereocenters. The van der Waals surface area contributed by atoms with E-state index in [2.05, 4.69) is 26.1 Å². The summed E-state index contributed by atoms with van der Waals surface area (Å²) >= 11 is 0. The number of piperazine rings is 1. The number of ether oxygens (including phenoxy) is 1. The molecule has 0 saturated carbocycles. The molecule has 0 radical (unpaired) electrons. The SMILES string of the molecule is [2H]C([2H])([2H])[C@@]12CC[C@@H](CN(c3nc(OC[C@@]45CCCN4C/C(=C/F)C5)nc4c(F)c(-c5cc(O)cc6ccc(F)c(C#C)c56)ncc34)C1)N2. The molecule has 0 aliphatic carbocycles. The van der Waals surface area contributed by atoms with Crippen LogP contribution in [0.2, 0.25) is 0 Å². The number of hydrogen-bond donors (Lipinski definition) is 2. The Bertz CT molecular complexity index is 2110. The van der Waals surface area contributed by atoms with Crippen molar-refractivity contribution < 1.29 is 27.1 Å². The van der Waals surface area contributed by atoms with Crippen molar-refractivity contribution in [2.24, 2.45) is 0 Å². The fourth-order valence-electron chi connectivity index (χ4n) is 7.95. The molecule has 8 rings (SSSR count). The lowest BCUT2D eigenvalue weighted by Crippen LogP contribution is -2.58. The van der Waals surface area contributed by atoms with E-state index in [4.69, 9.17) is 20.3 Å². The molecule has 2 aromatic carbocycles. The first-order valence-electron chi connectivity index (χ1n) is 16.9. The molecule has 4 aliphatic rings. The summed E-state index contributed by atoms with van der Waals surface area (Å²) < 4.78 is 76.6. The summed E-state index contributed by atoms with van der Waals surface area (Å²) in [7, 11) is 0. The molecule has 236 valence electrons. The number of nitrogens with zero attached hydrogens (tertiary/aromatic N) is 5. The van der Waals surface area contributed by atoms with Crippen LogP contribution in [0.4, 0.5) is 19.0 Å². The van der Waals surface area contributed by atoms with Gasteiger partial charge in [0.05, 0.1) is 22.8 Å². The van der Waals surface area contributed by atoms with E-state index in [0.717, 1.165) is 19.4 Å². The number of aromatic nitrogens is 3. The molecule has 0 spiro atoms. The van der Waals surface area contributed by atoms with Gasteiger partial charge in [0.2, 0.25) is 0 Å². The highest BCUT2D eigenvalue weighted by atomic mass is 19.1. The topological polar surface area (TPSA) is 86.6 Å². The lowest BCUT2D eigenvalue weighted by atomic mass is 9.94. The minimum atomic E-state index is -2.31. The molecule has 2 aromatic heterocycles. The van der Waals surface area contributed by atoms with Crippen molar-refractivity contribution in [3.05, 3.63) is 59.6 Å². The molecule has 0 amide bonds. The minimum Gasteiger partial charge on any atom is -0.508 e. The van der Waals surface area contributed by atoms with Crippen LogP contribution in [-0.2, 0) is 0 Å². The maximum Gasteiger partial charge on any atom is 0.319 e. The Balaban J connectivity index is 1.29. The Morgan fingerprint density at radius 2 is 2.17 bits per heavy atom. The minimum absolute atomic E-state index is 0.0723. The third kappa shape index (κ3) is 4.57. The van der Waals surface area contributed by atoms with E-state index < -0.39 is 29.6 Å². The number of halogens is 3. The summed E-state index contributed by atoms with van der Waals surface area (Å²) in [5.74, 6) is 0.855. The average molecular weight is 630 g/mol. The van der Waals surface area contributed by atoms with Gasteiger partial charge in [-0.1, -0.05) is 12.0 Å². The van der Waals surface area contributed by atoms with Crippen molar-refractivity contribution in [3.8, 4) is 35.4 Å². The first-order chi connectivity index (χ1) is 23.4. The molecular weight excluding hydrogens is 593 g/mol. The zero-order chi connectivity index (χ0) is 34.3. The number of pyridine rings is 1. The third-order valence-corrected chi connectivity index (χ3v) is 10.0. The fraction of sp³-hybridized carbons (Fsp3) is 0.400. The Hall–Kier alpha value is -4.40. The van der Waals surface area contributed by atoms with Crippen molar-refractivity contribution in [3.63, 3.8) is 0 Å². The number of fused-ring (bicyclic) bond motifs is 5. The number of rotatable bonds is 5. The second-order valence-corrected chi connectivity index (χ2v) is 13.0. The molecule has 4 saturated heterocycles. The molecule has 2 N–H and O–H groups in total. The molecular formula is C35H33F3N6O2. The van der Waals surface area contributed by atoms with Crippen LogP contribution in [0.25, 0.3) is 32.9 Å². The van der Waals surface area contributed by atoms with E-state index in [1.54, 1.807) is 0 Å². The van der Waals surface area contributed by atoms with Gasteiger partial charge in [-0.25, -0.2) is 13.2 Å². The van der Waals surface area contributed by atoms with Crippen LogP contribution in [0.1, 0.15) is 48.6 Å². The van der Waals surface area contributed by atoms with Crippen molar-refractivity contribution >= 4 is 27.5 Å². The number of nitrogens with one attached hydrogen (secondary N) is 1. The van der Waals surface area contributed by atoms with Gasteiger partial charge in [0, 0.05) is 52.5 Å². The number of phenols is 1. The Morgan fingerprint density at radius 1 is 1.28 bits per heavy atom. The van der Waals surface area contributed by atoms with Gasteiger partial charge in [-0.05, 0) is 74.7 Å². The summed E-state index contributed by atoms with van der Waals surface area (Å²) in [5, 5.41) is 14.7. The average Bonchev–Trinajstić information content (AvgIpc) is 3.73. The van der Waals surface area contributed by atoms with E-state index in [-0.39, 0.29) is 69.9 Å². The van der Waals surface area contributed by atoms with Gasteiger partial charge >= 0.3 is 6.01 Å². The van der Waals surface area contributed by atoms with Crippen LogP contribution in [0, 0.1) is 24.0 Å². The lowest BCUT2D eigenvalue weighted by Gasteiger charge is -2.40. The summed E-state index contributed by atoms with van der Waals surface area (Å²) in [6.07, 6.45) is 11.0. The monoisotopic (exact) mass is 629 g/mol. The molecule has 6 heterocycles. The summed E-state index contributed by atoms with van der Waals surface area (Å²) in [4.78, 5) is 17.7. The molecule has 11 heteroatoms. The molecule has 8 nitrogen and oxygen atoms in total. The van der Waals surface area contributed by atoms with Gasteiger partial charge in [0.25, 0.3) is 0 Å². The van der Waals surface area contributed by atoms with Crippen molar-refractivity contribution in [1.82, 2.24) is 25.2 Å². The van der Waals surface area contributed by atoms with Crippen molar-refractivity contribution in [2.75, 3.05) is 37.7 Å². The van der Waals surface area contributed by atoms with Crippen molar-refractivity contribution in [1.29, 1.82) is 0 Å². The first kappa shape index (κ1) is 25.8. The Kier molecular flexibility index (Phi) is 5.92. The molecule has 4 aliphatic heterocycles. The smallest absolute Gasteiger partial charge is 0.319 e. The number of hydrogen-bond acceptors (Lipinski definition) is 8. The second kappa shape index (κ2) is 10.6. The van der Waals surface area contributed by atoms with E-state index in [1.807, 2.05) is 4.90 Å². The molecule has 4 aromatic rings. The number of terminal acetylenes is 1. The molecule has 2 bridgehead atoms. The number of benzene rings is 2. The zero-order valence-electron chi connectivity index (χ0n) is 27.9. The van der Waals surface area contributed by atoms with Gasteiger partial charge in [-0.3, -0.25) is 9.88 Å². The quantitative estimate of drug-likeness (QED) is 0.276. The molecule has 46 heavy (non-hydrogen) atoms. The van der Waals surface area contributed by atoms with E-state index in [9.17, 15) is 13.9 Å². The molecule has 3 atom stereocenters. The normalized spacial score (nSPS) is 28.0. The second-order valence-electron chi connectivity index (χ2n) is 13.0. The van der Waals surface area contributed by atoms with Crippen LogP contribution in [0.3, 0.4) is 0 Å². The van der Waals surface area contributed by atoms with Gasteiger partial charge in [-0.2, -0.15) is 9.97 Å². The number of aromatic hydroxyl groups is 1. The van der Waals surface area contributed by atoms with Gasteiger partial charge in [0.15, 0.2) is 5.82 Å². The number of phenolic OH excluding ortho intramolecular Hbond substituents is 1. The highest BCUT2D eigenvalue weighted by Gasteiger charge is 2.47. The van der Waals surface area contributed by atoms with Crippen LogP contribution < -0.4 is 15.0 Å². The highest BCUT2D eigenvalue weighted by Crippen LogP contribution is 2.43. The van der Waals surface area contributed by atoms with E-state index in [0.29, 0.717) is 49.6 Å². The standard InChI is InChI=1S/C35H33F3N6O2/c1-3-24-27(37)6-5-21-11-23(45)12-25(28(21)24)30-29(38)31-26(15-39-30)32(43-17-22-7-9-34(2,18-43)42-22)41-33(40-31)46-19-35-8-4-10-44(35)16-20(13-35)14-36/h1,5-6,11-12,14-15,22,42,45H,4,7-10,13,16-19H2,2H3/b20-14+/t22-,34+,35-/m0/s1/i2D3. The van der Waals surface area contributed by atoms with Crippen molar-refractivity contribution in [2.45, 2.75) is 56.1 Å². The molecule has 4 fully saturated rings. The van der Waals surface area contributed by atoms with E-state index in [1.165, 1.54) is 30.5 Å². The van der Waals surface area contributed by atoms with Crippen LogP contribution in [-0.4, -0.2) is 74.9 Å². The maximum absolute atomic E-state index is 16.9. The third-order valence-electron chi connectivity index (χ3n) is 10.0. The first-order valence-corrected chi connectivity index (χ1v) is 15.4. The zero-order valence-corrected chi connectivity index (χ0v) is 24.9. The number of anilines is 1. The van der Waals surface area contributed by atoms with Crippen LogP contribution in [0.15, 0.2) is 42.4 Å². The highest BCUT2D eigenvalue weighted by molar-refractivity contribution is 6.03. The lowest BCUT2D eigenvalue weighted by molar-refractivity contribution is 0.108. The van der Waals surface area contributed by atoms with E-state index >= 15 is 4.39 Å².